The van der Waals surface area contributed by atoms with E-state index < -0.39 is 13.2 Å². The Bertz CT molecular complexity index is 397. The number of methoxy groups -OCH3 is 1. The third-order valence-corrected chi connectivity index (χ3v) is 2.26. The minimum Gasteiger partial charge on any atom is -0.497 e. The van der Waals surface area contributed by atoms with E-state index in [2.05, 4.69) is 5.92 Å². The molecule has 0 aliphatic carbocycles. The summed E-state index contributed by atoms with van der Waals surface area (Å²) in [5.41, 5.74) is 1.52. The first-order chi connectivity index (χ1) is 6.76. The van der Waals surface area contributed by atoms with E-state index in [4.69, 9.17) is 15.8 Å². The molecule has 1 unspecified atom stereocenters. The van der Waals surface area contributed by atoms with Gasteiger partial charge in [0, 0.05) is 0 Å². The van der Waals surface area contributed by atoms with Gasteiger partial charge >= 0.3 is 7.12 Å². The molecule has 0 radical (unpaired) electrons. The maximum atomic E-state index is 9.49. The van der Waals surface area contributed by atoms with Crippen LogP contribution in [0.1, 0.15) is 11.7 Å². The molecule has 1 atom stereocenters. The van der Waals surface area contributed by atoms with Crippen LogP contribution in [0.5, 0.6) is 5.75 Å². The zero-order valence-electron chi connectivity index (χ0n) is 7.73. The first-order valence-corrected chi connectivity index (χ1v) is 4.23. The van der Waals surface area contributed by atoms with Gasteiger partial charge in [-0.05, 0) is 23.2 Å². The topological polar surface area (TPSA) is 38.7 Å². The lowest BCUT2D eigenvalue weighted by Gasteiger charge is -2.05. The van der Waals surface area contributed by atoms with Crippen molar-refractivity contribution in [1.29, 1.82) is 0 Å². The van der Waals surface area contributed by atoms with E-state index in [0.717, 1.165) is 5.56 Å². The van der Waals surface area contributed by atoms with Crippen LogP contribution in [0.3, 0.4) is 0 Å². The van der Waals surface area contributed by atoms with Crippen LogP contribution in [0.15, 0.2) is 18.2 Å². The molecule has 3 nitrogen and oxygen atoms in total. The Kier molecular flexibility index (Phi) is 2.20. The van der Waals surface area contributed by atoms with E-state index in [1.54, 1.807) is 25.3 Å². The van der Waals surface area contributed by atoms with Crippen molar-refractivity contribution < 1.29 is 14.4 Å². The lowest BCUT2D eigenvalue weighted by atomic mass is 9.79. The number of hydrogen-bond donors (Lipinski definition) is 1. The van der Waals surface area contributed by atoms with Crippen molar-refractivity contribution in [3.63, 3.8) is 0 Å². The van der Waals surface area contributed by atoms with Crippen LogP contribution < -0.4 is 10.2 Å². The summed E-state index contributed by atoms with van der Waals surface area (Å²) in [4.78, 5) is 0. The number of benzene rings is 1. The number of ether oxygens (including phenoxy) is 1. The summed E-state index contributed by atoms with van der Waals surface area (Å²) in [6.07, 6.45) is 4.80. The highest BCUT2D eigenvalue weighted by atomic mass is 16.5. The van der Waals surface area contributed by atoms with Gasteiger partial charge < -0.3 is 14.4 Å². The Morgan fingerprint density at radius 1 is 1.64 bits per heavy atom. The first-order valence-electron chi connectivity index (χ1n) is 4.23. The number of hydrogen-bond acceptors (Lipinski definition) is 3. The van der Waals surface area contributed by atoms with E-state index in [1.807, 2.05) is 0 Å². The van der Waals surface area contributed by atoms with Crippen molar-refractivity contribution in [2.24, 2.45) is 0 Å². The summed E-state index contributed by atoms with van der Waals surface area (Å²) in [5, 5.41) is 9.49. The molecule has 0 aromatic heterocycles. The lowest BCUT2D eigenvalue weighted by molar-refractivity contribution is 0.241. The molecule has 0 amide bonds. The maximum absolute atomic E-state index is 9.49. The number of rotatable bonds is 1. The molecule has 0 bridgehead atoms. The molecular weight excluding hydrogens is 179 g/mol. The second-order valence-corrected chi connectivity index (χ2v) is 3.03. The zero-order valence-corrected chi connectivity index (χ0v) is 7.73. The predicted octanol–water partition coefficient (Wildman–Crippen LogP) is 0.0872. The second-order valence-electron chi connectivity index (χ2n) is 3.03. The van der Waals surface area contributed by atoms with E-state index in [0.29, 0.717) is 11.2 Å². The van der Waals surface area contributed by atoms with E-state index in [-0.39, 0.29) is 0 Å². The fraction of sp³-hybridized carbons (Fsp3) is 0.200. The molecule has 1 N–H and O–H groups in total. The molecule has 14 heavy (non-hydrogen) atoms. The minimum absolute atomic E-state index is 0.477. The molecule has 0 saturated heterocycles. The van der Waals surface area contributed by atoms with Gasteiger partial charge in [-0.1, -0.05) is 12.0 Å². The number of terminal acetylenes is 1. The van der Waals surface area contributed by atoms with Crippen LogP contribution in [-0.4, -0.2) is 19.3 Å². The second kappa shape index (κ2) is 3.37. The van der Waals surface area contributed by atoms with Gasteiger partial charge in [0.15, 0.2) is 0 Å². The van der Waals surface area contributed by atoms with Crippen molar-refractivity contribution in [3.05, 3.63) is 23.8 Å². The maximum Gasteiger partial charge on any atom is 0.492 e. The van der Waals surface area contributed by atoms with Crippen molar-refractivity contribution in [3.8, 4) is 18.1 Å². The van der Waals surface area contributed by atoms with Gasteiger partial charge in [-0.25, -0.2) is 0 Å². The Labute approximate surface area is 82.8 Å². The smallest absolute Gasteiger partial charge is 0.492 e. The predicted molar refractivity (Wildman–Crippen MR) is 53.3 cm³/mol. The Morgan fingerprint density at radius 2 is 2.43 bits per heavy atom. The summed E-state index contributed by atoms with van der Waals surface area (Å²) < 4.78 is 10.2. The molecule has 70 valence electrons. The molecule has 1 aliphatic heterocycles. The van der Waals surface area contributed by atoms with Crippen molar-refractivity contribution in [2.45, 2.75) is 6.10 Å². The zero-order chi connectivity index (χ0) is 10.1. The molecule has 1 aromatic carbocycles. The summed E-state index contributed by atoms with van der Waals surface area (Å²) in [7, 11) is 0.663. The van der Waals surface area contributed by atoms with Crippen LogP contribution in [0.4, 0.5) is 0 Å². The van der Waals surface area contributed by atoms with Crippen molar-refractivity contribution in [1.82, 2.24) is 0 Å². The van der Waals surface area contributed by atoms with Gasteiger partial charge in [-0.15, -0.1) is 6.42 Å². The van der Waals surface area contributed by atoms with Crippen LogP contribution in [0.2, 0.25) is 0 Å². The van der Waals surface area contributed by atoms with Gasteiger partial charge in [0.2, 0.25) is 0 Å². The van der Waals surface area contributed by atoms with Gasteiger partial charge in [-0.3, -0.25) is 0 Å². The molecule has 0 saturated carbocycles. The van der Waals surface area contributed by atoms with E-state index in [1.165, 1.54) is 0 Å². The third kappa shape index (κ3) is 1.27. The molecule has 1 aromatic rings. The fourth-order valence-electron chi connectivity index (χ4n) is 1.54. The fourth-order valence-corrected chi connectivity index (χ4v) is 1.54. The average Bonchev–Trinajstić information content (AvgIpc) is 2.55. The normalized spacial score (nSPS) is 18.9. The highest BCUT2D eigenvalue weighted by Gasteiger charge is 2.34. The Morgan fingerprint density at radius 3 is 3.07 bits per heavy atom. The molecule has 2 rings (SSSR count). The average molecular weight is 188 g/mol. The van der Waals surface area contributed by atoms with Gasteiger partial charge in [0.1, 0.15) is 11.9 Å². The van der Waals surface area contributed by atoms with E-state index in [9.17, 15) is 5.02 Å². The highest BCUT2D eigenvalue weighted by molar-refractivity contribution is 6.61. The molecule has 1 aliphatic rings. The van der Waals surface area contributed by atoms with Crippen molar-refractivity contribution in [2.75, 3.05) is 7.11 Å². The van der Waals surface area contributed by atoms with Crippen molar-refractivity contribution >= 4 is 12.6 Å². The van der Waals surface area contributed by atoms with E-state index >= 15 is 0 Å². The largest absolute Gasteiger partial charge is 0.497 e. The summed E-state index contributed by atoms with van der Waals surface area (Å²) in [6, 6.07) is 5.32. The Balaban J connectivity index is 2.48. The summed E-state index contributed by atoms with van der Waals surface area (Å²) >= 11 is 0. The minimum atomic E-state index is -0.919. The van der Waals surface area contributed by atoms with Gasteiger partial charge in [0.25, 0.3) is 0 Å². The van der Waals surface area contributed by atoms with Crippen LogP contribution in [-0.2, 0) is 4.65 Å². The highest BCUT2D eigenvalue weighted by Crippen LogP contribution is 2.25. The molecule has 0 fully saturated rings. The number of fused-ring (bicyclic) bond motifs is 1. The Hall–Kier alpha value is -1.44. The quantitative estimate of drug-likeness (QED) is 0.501. The van der Waals surface area contributed by atoms with Crippen LogP contribution in [0.25, 0.3) is 0 Å². The molecule has 0 spiro atoms. The monoisotopic (exact) mass is 188 g/mol. The molecule has 4 heteroatoms. The first kappa shape index (κ1) is 9.13. The lowest BCUT2D eigenvalue weighted by Crippen LogP contribution is -2.27. The van der Waals surface area contributed by atoms with Crippen LogP contribution in [0, 0.1) is 12.3 Å². The van der Waals surface area contributed by atoms with Gasteiger partial charge in [0.05, 0.1) is 7.11 Å². The third-order valence-electron chi connectivity index (χ3n) is 2.26. The van der Waals surface area contributed by atoms with Crippen LogP contribution >= 0.6 is 0 Å². The molecular formula is C10H9BO3. The summed E-state index contributed by atoms with van der Waals surface area (Å²) in [5.74, 6) is 3.17. The van der Waals surface area contributed by atoms with Gasteiger partial charge in [-0.2, -0.15) is 0 Å². The molecule has 1 heterocycles. The SMILES string of the molecule is C#CC1OB(O)c2ccc(OC)cc21. The standard InChI is InChI=1S/C10H9BO3/c1-3-10-8-6-7(13-2)4-5-9(8)11(12)14-10/h1,4-6,10,12H,2H3. The summed E-state index contributed by atoms with van der Waals surface area (Å²) in [6.45, 7) is 0.